The Labute approximate surface area is 133 Å². The highest BCUT2D eigenvalue weighted by atomic mass is 35.5. The molecule has 1 saturated carbocycles. The first-order valence-corrected chi connectivity index (χ1v) is 7.91. The summed E-state index contributed by atoms with van der Waals surface area (Å²) in [4.78, 5) is 4.49. The number of benzene rings is 1. The van der Waals surface area contributed by atoms with Crippen molar-refractivity contribution in [2.24, 2.45) is 5.73 Å². The van der Waals surface area contributed by atoms with Crippen LogP contribution >= 0.6 is 23.2 Å². The Balaban J connectivity index is 1.75. The number of hydrogen-bond donors (Lipinski definition) is 1. The molecule has 2 atom stereocenters. The van der Waals surface area contributed by atoms with Crippen molar-refractivity contribution in [2.45, 2.75) is 44.1 Å². The van der Waals surface area contributed by atoms with E-state index in [1.807, 2.05) is 6.07 Å². The van der Waals surface area contributed by atoms with Crippen LogP contribution in [-0.4, -0.2) is 16.2 Å². The van der Waals surface area contributed by atoms with Gasteiger partial charge in [-0.1, -0.05) is 47.3 Å². The lowest BCUT2D eigenvalue weighted by Gasteiger charge is -2.25. The molecular weight excluding hydrogens is 309 g/mol. The number of nitrogens with two attached hydrogens (primary N) is 1. The molecule has 1 fully saturated rings. The minimum atomic E-state index is 0.117. The molecule has 1 aliphatic carbocycles. The Morgan fingerprint density at radius 1 is 1.24 bits per heavy atom. The van der Waals surface area contributed by atoms with Gasteiger partial charge in [-0.05, 0) is 30.5 Å². The first-order valence-electron chi connectivity index (χ1n) is 7.15. The molecule has 1 heterocycles. The molecule has 2 N–H and O–H groups in total. The Morgan fingerprint density at radius 2 is 2.05 bits per heavy atom. The summed E-state index contributed by atoms with van der Waals surface area (Å²) in [5, 5.41) is 5.28. The summed E-state index contributed by atoms with van der Waals surface area (Å²) in [7, 11) is 0. The zero-order valence-electron chi connectivity index (χ0n) is 11.6. The second-order valence-corrected chi connectivity index (χ2v) is 6.36. The quantitative estimate of drug-likeness (QED) is 0.927. The standard InChI is InChI=1S/C15H17Cl2N3O/c16-10-6-5-9(12(17)8-10)7-14-19-15(21-20-14)11-3-1-2-4-13(11)18/h5-6,8,11,13H,1-4,7,18H2. The predicted octanol–water partition coefficient (Wildman–Crippen LogP) is 3.95. The fourth-order valence-electron chi connectivity index (χ4n) is 2.79. The first kappa shape index (κ1) is 14.8. The average molecular weight is 326 g/mol. The van der Waals surface area contributed by atoms with Crippen molar-refractivity contribution in [3.05, 3.63) is 45.5 Å². The van der Waals surface area contributed by atoms with Crippen molar-refractivity contribution in [3.63, 3.8) is 0 Å². The van der Waals surface area contributed by atoms with Gasteiger partial charge in [0.15, 0.2) is 5.82 Å². The second-order valence-electron chi connectivity index (χ2n) is 5.52. The van der Waals surface area contributed by atoms with Crippen LogP contribution in [0.25, 0.3) is 0 Å². The molecule has 112 valence electrons. The molecule has 0 amide bonds. The third kappa shape index (κ3) is 3.39. The highest BCUT2D eigenvalue weighted by Gasteiger charge is 2.28. The van der Waals surface area contributed by atoms with Crippen LogP contribution in [0.4, 0.5) is 0 Å². The van der Waals surface area contributed by atoms with Crippen molar-refractivity contribution in [1.29, 1.82) is 0 Å². The van der Waals surface area contributed by atoms with Crippen molar-refractivity contribution in [1.82, 2.24) is 10.1 Å². The van der Waals surface area contributed by atoms with E-state index in [2.05, 4.69) is 10.1 Å². The lowest BCUT2D eigenvalue weighted by atomic mass is 9.85. The molecule has 0 aliphatic heterocycles. The van der Waals surface area contributed by atoms with Crippen molar-refractivity contribution >= 4 is 23.2 Å². The summed E-state index contributed by atoms with van der Waals surface area (Å²) in [5.41, 5.74) is 7.08. The van der Waals surface area contributed by atoms with Gasteiger partial charge in [0.2, 0.25) is 5.89 Å². The number of aromatic nitrogens is 2. The van der Waals surface area contributed by atoms with Crippen LogP contribution in [0, 0.1) is 0 Å². The van der Waals surface area contributed by atoms with Gasteiger partial charge in [-0.2, -0.15) is 4.98 Å². The Morgan fingerprint density at radius 3 is 2.81 bits per heavy atom. The highest BCUT2D eigenvalue weighted by molar-refractivity contribution is 6.35. The molecule has 0 bridgehead atoms. The molecule has 0 saturated heterocycles. The topological polar surface area (TPSA) is 64.9 Å². The smallest absolute Gasteiger partial charge is 0.231 e. The molecule has 3 rings (SSSR count). The van der Waals surface area contributed by atoms with Crippen LogP contribution in [0.3, 0.4) is 0 Å². The summed E-state index contributed by atoms with van der Waals surface area (Å²) in [5.74, 6) is 1.47. The van der Waals surface area contributed by atoms with E-state index in [4.69, 9.17) is 33.5 Å². The summed E-state index contributed by atoms with van der Waals surface area (Å²) in [6.45, 7) is 0. The normalized spacial score (nSPS) is 22.4. The van der Waals surface area contributed by atoms with Gasteiger partial charge in [0.05, 0.1) is 5.92 Å². The summed E-state index contributed by atoms with van der Waals surface area (Å²) in [6, 6.07) is 5.52. The largest absolute Gasteiger partial charge is 0.339 e. The van der Waals surface area contributed by atoms with E-state index in [-0.39, 0.29) is 12.0 Å². The molecule has 0 radical (unpaired) electrons. The molecule has 1 aliphatic rings. The van der Waals surface area contributed by atoms with E-state index in [1.165, 1.54) is 12.8 Å². The number of rotatable bonds is 3. The van der Waals surface area contributed by atoms with Gasteiger partial charge in [0.25, 0.3) is 0 Å². The van der Waals surface area contributed by atoms with Crippen LogP contribution < -0.4 is 5.73 Å². The van der Waals surface area contributed by atoms with E-state index in [1.54, 1.807) is 12.1 Å². The summed E-state index contributed by atoms with van der Waals surface area (Å²) < 4.78 is 5.40. The minimum absolute atomic E-state index is 0.117. The SMILES string of the molecule is NC1CCCCC1c1nc(Cc2ccc(Cl)cc2Cl)no1. The first-order chi connectivity index (χ1) is 10.1. The maximum absolute atomic E-state index is 6.17. The van der Waals surface area contributed by atoms with Crippen LogP contribution in [0.2, 0.25) is 10.0 Å². The molecule has 1 aromatic carbocycles. The molecular formula is C15H17Cl2N3O. The van der Waals surface area contributed by atoms with E-state index in [0.29, 0.717) is 28.2 Å². The van der Waals surface area contributed by atoms with Gasteiger partial charge in [-0.25, -0.2) is 0 Å². The van der Waals surface area contributed by atoms with Crippen LogP contribution in [0.5, 0.6) is 0 Å². The Hall–Kier alpha value is -1.10. The van der Waals surface area contributed by atoms with Gasteiger partial charge >= 0.3 is 0 Å². The van der Waals surface area contributed by atoms with Gasteiger partial charge in [-0.15, -0.1) is 0 Å². The second kappa shape index (κ2) is 6.34. The Kier molecular flexibility index (Phi) is 4.48. The van der Waals surface area contributed by atoms with Crippen LogP contribution in [0.15, 0.2) is 22.7 Å². The maximum atomic E-state index is 6.17. The number of nitrogens with zero attached hydrogens (tertiary/aromatic N) is 2. The number of hydrogen-bond acceptors (Lipinski definition) is 4. The molecule has 0 spiro atoms. The minimum Gasteiger partial charge on any atom is -0.339 e. The number of halogens is 2. The summed E-state index contributed by atoms with van der Waals surface area (Å²) in [6.07, 6.45) is 4.91. The summed E-state index contributed by atoms with van der Waals surface area (Å²) >= 11 is 12.1. The van der Waals surface area contributed by atoms with Gasteiger partial charge in [0.1, 0.15) is 0 Å². The van der Waals surface area contributed by atoms with Crippen molar-refractivity contribution < 1.29 is 4.52 Å². The molecule has 2 aromatic rings. The van der Waals surface area contributed by atoms with Crippen LogP contribution in [0.1, 0.15) is 48.9 Å². The highest BCUT2D eigenvalue weighted by Crippen LogP contribution is 2.31. The van der Waals surface area contributed by atoms with E-state index < -0.39 is 0 Å². The third-order valence-corrected chi connectivity index (χ3v) is 4.57. The molecule has 21 heavy (non-hydrogen) atoms. The van der Waals surface area contributed by atoms with Gasteiger partial charge < -0.3 is 10.3 Å². The third-order valence-electron chi connectivity index (χ3n) is 3.98. The maximum Gasteiger partial charge on any atom is 0.231 e. The Bertz CT molecular complexity index is 629. The van der Waals surface area contributed by atoms with Crippen LogP contribution in [-0.2, 0) is 6.42 Å². The van der Waals surface area contributed by atoms with E-state index in [9.17, 15) is 0 Å². The molecule has 4 nitrogen and oxygen atoms in total. The zero-order valence-corrected chi connectivity index (χ0v) is 13.1. The van der Waals surface area contributed by atoms with Gasteiger partial charge in [-0.3, -0.25) is 0 Å². The lowest BCUT2D eigenvalue weighted by molar-refractivity contribution is 0.289. The average Bonchev–Trinajstić information content (AvgIpc) is 2.91. The fraction of sp³-hybridized carbons (Fsp3) is 0.467. The predicted molar refractivity (Wildman–Crippen MR) is 82.8 cm³/mol. The zero-order chi connectivity index (χ0) is 14.8. The van der Waals surface area contributed by atoms with Crippen molar-refractivity contribution in [3.8, 4) is 0 Å². The molecule has 1 aromatic heterocycles. The molecule has 2 unspecified atom stereocenters. The lowest BCUT2D eigenvalue weighted by Crippen LogP contribution is -2.31. The van der Waals surface area contributed by atoms with Gasteiger partial charge in [0, 0.05) is 22.5 Å². The fourth-order valence-corrected chi connectivity index (χ4v) is 3.27. The molecule has 6 heteroatoms. The monoisotopic (exact) mass is 325 g/mol. The van der Waals surface area contributed by atoms with E-state index in [0.717, 1.165) is 18.4 Å². The van der Waals surface area contributed by atoms with E-state index >= 15 is 0 Å². The van der Waals surface area contributed by atoms with Crippen molar-refractivity contribution in [2.75, 3.05) is 0 Å².